The molecule has 0 bridgehead atoms. The van der Waals surface area contributed by atoms with Crippen molar-refractivity contribution >= 4 is 23.4 Å². The minimum Gasteiger partial charge on any atom is -0.493 e. The summed E-state index contributed by atoms with van der Waals surface area (Å²) in [6.45, 7) is 1.78. The zero-order chi connectivity index (χ0) is 26.0. The summed E-state index contributed by atoms with van der Waals surface area (Å²) in [7, 11) is 5.80. The zero-order valence-corrected chi connectivity index (χ0v) is 21.0. The highest BCUT2D eigenvalue weighted by Gasteiger charge is 2.44. The first-order chi connectivity index (χ1) is 17.3. The number of esters is 2. The van der Waals surface area contributed by atoms with Crippen LogP contribution in [0.5, 0.6) is 11.5 Å². The number of ketones is 1. The number of aliphatic imine (C=N–C) groups is 1. The molecule has 0 saturated carbocycles. The molecule has 36 heavy (non-hydrogen) atoms. The second kappa shape index (κ2) is 10.4. The summed E-state index contributed by atoms with van der Waals surface area (Å²) >= 11 is 0. The summed E-state index contributed by atoms with van der Waals surface area (Å²) in [5, 5.41) is 0. The molecule has 0 N–H and O–H groups in total. The van der Waals surface area contributed by atoms with E-state index in [9.17, 15) is 14.4 Å². The largest absolute Gasteiger partial charge is 0.493 e. The van der Waals surface area contributed by atoms with Crippen molar-refractivity contribution in [1.82, 2.24) is 0 Å². The van der Waals surface area contributed by atoms with Crippen LogP contribution in [0.15, 0.2) is 58.7 Å². The van der Waals surface area contributed by atoms with Crippen molar-refractivity contribution in [1.29, 1.82) is 0 Å². The lowest BCUT2D eigenvalue weighted by atomic mass is 9.69. The van der Waals surface area contributed by atoms with Crippen LogP contribution in [0.25, 0.3) is 0 Å². The predicted molar refractivity (Wildman–Crippen MR) is 133 cm³/mol. The molecule has 188 valence electrons. The van der Waals surface area contributed by atoms with Gasteiger partial charge < -0.3 is 18.9 Å². The lowest BCUT2D eigenvalue weighted by Gasteiger charge is -2.36. The maximum absolute atomic E-state index is 13.6. The van der Waals surface area contributed by atoms with Crippen LogP contribution in [-0.2, 0) is 19.1 Å². The number of carbonyl (C=O) groups is 3. The quantitative estimate of drug-likeness (QED) is 0.557. The van der Waals surface area contributed by atoms with Crippen molar-refractivity contribution in [3.05, 3.63) is 70.4 Å². The van der Waals surface area contributed by atoms with E-state index in [1.54, 1.807) is 45.4 Å². The molecular formula is C28H29NO7. The molecule has 3 atom stereocenters. The lowest BCUT2D eigenvalue weighted by molar-refractivity contribution is -0.143. The summed E-state index contributed by atoms with van der Waals surface area (Å²) in [5.74, 6) is -1.16. The highest BCUT2D eigenvalue weighted by Crippen LogP contribution is 2.47. The van der Waals surface area contributed by atoms with E-state index in [-0.39, 0.29) is 18.1 Å². The maximum atomic E-state index is 13.6. The van der Waals surface area contributed by atoms with Crippen LogP contribution in [0.4, 0.5) is 0 Å². The van der Waals surface area contributed by atoms with Gasteiger partial charge in [-0.2, -0.15) is 0 Å². The minimum absolute atomic E-state index is 0.0665. The van der Waals surface area contributed by atoms with E-state index in [4.69, 9.17) is 23.9 Å². The van der Waals surface area contributed by atoms with Gasteiger partial charge in [0.15, 0.2) is 17.3 Å². The summed E-state index contributed by atoms with van der Waals surface area (Å²) < 4.78 is 20.7. The fraction of sp³-hybridized carbons (Fsp3) is 0.357. The molecule has 0 fully saturated rings. The Morgan fingerprint density at radius 1 is 0.861 bits per heavy atom. The third-order valence-corrected chi connectivity index (χ3v) is 6.91. The van der Waals surface area contributed by atoms with E-state index in [0.29, 0.717) is 40.5 Å². The van der Waals surface area contributed by atoms with E-state index in [1.165, 1.54) is 14.2 Å². The van der Waals surface area contributed by atoms with Gasteiger partial charge in [-0.3, -0.25) is 14.6 Å². The first-order valence-electron chi connectivity index (χ1n) is 11.6. The van der Waals surface area contributed by atoms with Crippen LogP contribution in [0.3, 0.4) is 0 Å². The molecule has 1 heterocycles. The average Bonchev–Trinajstić information content (AvgIpc) is 2.90. The lowest BCUT2D eigenvalue weighted by Crippen LogP contribution is -2.37. The smallest absolute Gasteiger partial charge is 0.337 e. The molecule has 0 saturated heterocycles. The van der Waals surface area contributed by atoms with Crippen molar-refractivity contribution in [2.75, 3.05) is 28.4 Å². The number of rotatable bonds is 6. The summed E-state index contributed by atoms with van der Waals surface area (Å²) in [6, 6.07) is 12.4. The fourth-order valence-electron chi connectivity index (χ4n) is 5.14. The molecule has 0 amide bonds. The molecule has 2 aliphatic rings. The number of benzene rings is 2. The van der Waals surface area contributed by atoms with E-state index in [0.717, 1.165) is 11.1 Å². The summed E-state index contributed by atoms with van der Waals surface area (Å²) in [4.78, 5) is 43.1. The SMILES string of the molecule is COC(=O)c1ccc([C@@H]2C3=C(C[C@H](c4ccc(OC)c(OC)c4)CC3=O)N=C(C)C2C(=O)OC)cc1. The molecule has 0 spiro atoms. The molecule has 2 aromatic carbocycles. The van der Waals surface area contributed by atoms with Crippen LogP contribution in [0.2, 0.25) is 0 Å². The molecule has 4 rings (SSSR count). The van der Waals surface area contributed by atoms with Gasteiger partial charge >= 0.3 is 11.9 Å². The molecule has 8 heteroatoms. The number of allylic oxidation sites excluding steroid dienone is 2. The van der Waals surface area contributed by atoms with Crippen molar-refractivity contribution in [3.63, 3.8) is 0 Å². The predicted octanol–water partition coefficient (Wildman–Crippen LogP) is 4.24. The second-order valence-electron chi connectivity index (χ2n) is 8.85. The third-order valence-electron chi connectivity index (χ3n) is 6.91. The van der Waals surface area contributed by atoms with Gasteiger partial charge in [-0.25, -0.2) is 4.79 Å². The number of methoxy groups -OCH3 is 4. The number of nitrogens with zero attached hydrogens (tertiary/aromatic N) is 1. The zero-order valence-electron chi connectivity index (χ0n) is 21.0. The van der Waals surface area contributed by atoms with Gasteiger partial charge in [-0.1, -0.05) is 18.2 Å². The normalized spacial score (nSPS) is 21.3. The van der Waals surface area contributed by atoms with Crippen molar-refractivity contribution in [3.8, 4) is 11.5 Å². The molecule has 2 aromatic rings. The molecule has 1 aliphatic carbocycles. The van der Waals surface area contributed by atoms with Gasteiger partial charge in [0.25, 0.3) is 0 Å². The number of hydrogen-bond donors (Lipinski definition) is 0. The van der Waals surface area contributed by atoms with E-state index < -0.39 is 23.8 Å². The molecular weight excluding hydrogens is 462 g/mol. The standard InChI is InChI=1S/C28H29NO7/c1-15-24(28(32)36-5)25(16-6-8-17(9-7-16)27(31)35-4)26-20(29-15)12-19(13-21(26)30)18-10-11-22(33-2)23(14-18)34-3/h6-11,14,19,24-25H,12-13H2,1-5H3/t19-,24?,25-/m0/s1. The van der Waals surface area contributed by atoms with Gasteiger partial charge in [0, 0.05) is 29.3 Å². The Bertz CT molecular complexity index is 1260. The summed E-state index contributed by atoms with van der Waals surface area (Å²) in [5.41, 5.74) is 3.86. The van der Waals surface area contributed by atoms with Crippen LogP contribution in [0, 0.1) is 5.92 Å². The van der Waals surface area contributed by atoms with Crippen molar-refractivity contribution in [2.24, 2.45) is 10.9 Å². The Labute approximate surface area is 209 Å². The maximum Gasteiger partial charge on any atom is 0.337 e. The van der Waals surface area contributed by atoms with Crippen molar-refractivity contribution in [2.45, 2.75) is 31.6 Å². The van der Waals surface area contributed by atoms with Crippen LogP contribution >= 0.6 is 0 Å². The molecule has 0 aromatic heterocycles. The van der Waals surface area contributed by atoms with Gasteiger partial charge in [0.1, 0.15) is 5.92 Å². The van der Waals surface area contributed by atoms with Crippen LogP contribution in [0.1, 0.15) is 53.1 Å². The molecule has 8 nitrogen and oxygen atoms in total. The fourth-order valence-corrected chi connectivity index (χ4v) is 5.14. The van der Waals surface area contributed by atoms with Crippen LogP contribution in [-0.4, -0.2) is 51.9 Å². The average molecular weight is 492 g/mol. The van der Waals surface area contributed by atoms with Gasteiger partial charge in [0.2, 0.25) is 0 Å². The second-order valence-corrected chi connectivity index (χ2v) is 8.85. The van der Waals surface area contributed by atoms with Gasteiger partial charge in [-0.15, -0.1) is 0 Å². The Balaban J connectivity index is 1.77. The number of Topliss-reactive ketones (excluding diaryl/α,β-unsaturated/α-hetero) is 1. The molecule has 1 aliphatic heterocycles. The third kappa shape index (κ3) is 4.51. The Hall–Kier alpha value is -3.94. The number of hydrogen-bond acceptors (Lipinski definition) is 8. The Kier molecular flexibility index (Phi) is 7.24. The molecule has 0 radical (unpaired) electrons. The summed E-state index contributed by atoms with van der Waals surface area (Å²) in [6.07, 6.45) is 0.812. The highest BCUT2D eigenvalue weighted by molar-refractivity contribution is 6.09. The van der Waals surface area contributed by atoms with Crippen molar-refractivity contribution < 1.29 is 33.3 Å². The van der Waals surface area contributed by atoms with E-state index >= 15 is 0 Å². The monoisotopic (exact) mass is 491 g/mol. The topological polar surface area (TPSA) is 100 Å². The van der Waals surface area contributed by atoms with Crippen LogP contribution < -0.4 is 9.47 Å². The first kappa shape index (κ1) is 25.2. The Morgan fingerprint density at radius 3 is 2.14 bits per heavy atom. The number of ether oxygens (including phenoxy) is 4. The van der Waals surface area contributed by atoms with E-state index in [2.05, 4.69) is 0 Å². The van der Waals surface area contributed by atoms with E-state index in [1.807, 2.05) is 18.2 Å². The number of carbonyl (C=O) groups excluding carboxylic acids is 3. The minimum atomic E-state index is -0.737. The highest BCUT2D eigenvalue weighted by atomic mass is 16.5. The van der Waals surface area contributed by atoms with Gasteiger partial charge in [0.05, 0.1) is 34.0 Å². The Morgan fingerprint density at radius 2 is 1.53 bits per heavy atom. The first-order valence-corrected chi connectivity index (χ1v) is 11.6. The molecule has 1 unspecified atom stereocenters. The van der Waals surface area contributed by atoms with Gasteiger partial charge in [-0.05, 0) is 54.7 Å².